The number of H-pyrrole nitrogens is 1. The lowest BCUT2D eigenvalue weighted by molar-refractivity contribution is 1.33. The summed E-state index contributed by atoms with van der Waals surface area (Å²) in [5, 5.41) is 2.64. The number of benzene rings is 1. The van der Waals surface area contributed by atoms with Crippen molar-refractivity contribution >= 4 is 34.9 Å². The first-order valence-corrected chi connectivity index (χ1v) is 7.33. The number of hydrogen-bond donors (Lipinski definition) is 1. The highest BCUT2D eigenvalue weighted by Gasteiger charge is 2.02. The summed E-state index contributed by atoms with van der Waals surface area (Å²) >= 11 is 0.132. The summed E-state index contributed by atoms with van der Waals surface area (Å²) in [5.74, 6) is 0. The van der Waals surface area contributed by atoms with Gasteiger partial charge in [-0.3, -0.25) is 0 Å². The average Bonchev–Trinajstić information content (AvgIpc) is 2.74. The second kappa shape index (κ2) is 3.77. The van der Waals surface area contributed by atoms with E-state index < -0.39 is 0 Å². The lowest BCUT2D eigenvalue weighted by Crippen LogP contribution is -2.24. The van der Waals surface area contributed by atoms with Gasteiger partial charge in [0.25, 0.3) is 0 Å². The van der Waals surface area contributed by atoms with Crippen LogP contribution in [0, 0.1) is 0 Å². The van der Waals surface area contributed by atoms with Gasteiger partial charge >= 0.3 is 0 Å². The maximum atomic E-state index is 3.35. The highest BCUT2D eigenvalue weighted by Crippen LogP contribution is 2.13. The van der Waals surface area contributed by atoms with Crippen LogP contribution in [-0.4, -0.2) is 9.00 Å². The summed E-state index contributed by atoms with van der Waals surface area (Å²) in [7, 11) is 0. The molecule has 74 valence electrons. The summed E-state index contributed by atoms with van der Waals surface area (Å²) in [6.07, 6.45) is 4.36. The molecule has 1 aliphatic heterocycles. The molecule has 3 rings (SSSR count). The van der Waals surface area contributed by atoms with E-state index in [0.717, 1.165) is 0 Å². The van der Waals surface area contributed by atoms with Crippen molar-refractivity contribution in [1.29, 1.82) is 0 Å². The normalized spacial score (nSPS) is 13.3. The van der Waals surface area contributed by atoms with Crippen molar-refractivity contribution in [2.45, 2.75) is 0 Å². The molecule has 0 fully saturated rings. The van der Waals surface area contributed by atoms with Gasteiger partial charge in [-0.15, -0.1) is 0 Å². The van der Waals surface area contributed by atoms with Crippen LogP contribution < -0.4 is 10.6 Å². The average molecular weight is 307 g/mol. The highest BCUT2D eigenvalue weighted by molar-refractivity contribution is 14.2. The predicted molar refractivity (Wildman–Crippen MR) is 74.5 cm³/mol. The third kappa shape index (κ3) is 1.59. The number of nitrogens with one attached hydrogen (secondary N) is 1. The van der Waals surface area contributed by atoms with Gasteiger partial charge in [0, 0.05) is 17.0 Å². The molecule has 1 N–H and O–H groups in total. The molecule has 0 aliphatic carbocycles. The lowest BCUT2D eigenvalue weighted by atomic mass is 10.1. The highest BCUT2D eigenvalue weighted by atomic mass is 127. The molecule has 0 spiro atoms. The Labute approximate surface area is 97.9 Å². The van der Waals surface area contributed by atoms with E-state index in [1.165, 1.54) is 21.7 Å². The quantitative estimate of drug-likeness (QED) is 0.776. The molecule has 0 saturated heterocycles. The Hall–Kier alpha value is -1.16. The van der Waals surface area contributed by atoms with E-state index in [2.05, 4.69) is 55.7 Å². The van der Waals surface area contributed by atoms with Crippen LogP contribution in [0.5, 0.6) is 0 Å². The van der Waals surface area contributed by atoms with E-state index in [9.17, 15) is 0 Å². The van der Waals surface area contributed by atoms with Gasteiger partial charge in [-0.25, -0.2) is 0 Å². The Kier molecular flexibility index (Phi) is 2.29. The number of fused-ring (bicyclic) bond motifs is 1. The molecule has 0 amide bonds. The minimum atomic E-state index is 0.132. The van der Waals surface area contributed by atoms with Crippen LogP contribution in [0.1, 0.15) is 0 Å². The third-order valence-electron chi connectivity index (χ3n) is 2.51. The Bertz CT molecular complexity index is 620. The summed E-state index contributed by atoms with van der Waals surface area (Å²) in [6, 6.07) is 10.5. The zero-order valence-electron chi connectivity index (χ0n) is 8.07. The molecule has 2 heterocycles. The molecule has 0 radical (unpaired) electrons. The minimum Gasteiger partial charge on any atom is -0.360 e. The van der Waals surface area contributed by atoms with Crippen molar-refractivity contribution in [3.8, 4) is 11.1 Å². The smallest absolute Gasteiger partial charge is 0.0518 e. The van der Waals surface area contributed by atoms with Crippen LogP contribution in [0.15, 0.2) is 36.5 Å². The first-order chi connectivity index (χ1) is 7.45. The fraction of sp³-hybridized carbons (Fsp3) is 0. The molecule has 2 heteroatoms. The SMILES string of the molecule is C1=IC=c2[nH]cc(-c3ccccc3)c2=C1. The fourth-order valence-corrected chi connectivity index (χ4v) is 3.43. The number of halogens is 1. The molecule has 0 unspecified atom stereocenters. The van der Waals surface area contributed by atoms with Gasteiger partial charge in [0.2, 0.25) is 0 Å². The van der Waals surface area contributed by atoms with Gasteiger partial charge in [-0.1, -0.05) is 51.1 Å². The van der Waals surface area contributed by atoms with Gasteiger partial charge in [0.05, 0.1) is 5.35 Å². The van der Waals surface area contributed by atoms with Gasteiger partial charge in [0.1, 0.15) is 0 Å². The van der Waals surface area contributed by atoms with Crippen molar-refractivity contribution in [1.82, 2.24) is 4.98 Å². The van der Waals surface area contributed by atoms with Crippen LogP contribution in [0.2, 0.25) is 0 Å². The monoisotopic (exact) mass is 307 g/mol. The van der Waals surface area contributed by atoms with Gasteiger partial charge in [-0.05, 0) is 19.7 Å². The van der Waals surface area contributed by atoms with Crippen LogP contribution in [0.4, 0.5) is 0 Å². The van der Waals surface area contributed by atoms with E-state index >= 15 is 0 Å². The molecule has 1 aliphatic rings. The summed E-state index contributed by atoms with van der Waals surface area (Å²) < 4.78 is 4.64. The zero-order chi connectivity index (χ0) is 10.1. The maximum absolute atomic E-state index is 3.35. The predicted octanol–water partition coefficient (Wildman–Crippen LogP) is 1.99. The topological polar surface area (TPSA) is 15.8 Å². The van der Waals surface area contributed by atoms with E-state index in [-0.39, 0.29) is 20.7 Å². The van der Waals surface area contributed by atoms with Crippen molar-refractivity contribution in [3.63, 3.8) is 0 Å². The molecule has 0 atom stereocenters. The van der Waals surface area contributed by atoms with Gasteiger partial charge < -0.3 is 4.98 Å². The van der Waals surface area contributed by atoms with Crippen LogP contribution in [0.25, 0.3) is 21.3 Å². The fourth-order valence-electron chi connectivity index (χ4n) is 1.78. The Balaban J connectivity index is 2.30. The maximum Gasteiger partial charge on any atom is 0.0518 e. The summed E-state index contributed by atoms with van der Waals surface area (Å²) in [4.78, 5) is 3.35. The standard InChI is InChI=1S/C13H10IN/c1-2-4-10(5-3-1)12-9-15-13-8-14-7-6-11(12)13/h1-9,15H. The molecule has 1 aromatic heterocycles. The van der Waals surface area contributed by atoms with E-state index in [4.69, 9.17) is 0 Å². The van der Waals surface area contributed by atoms with Crippen LogP contribution in [0.3, 0.4) is 0 Å². The largest absolute Gasteiger partial charge is 0.360 e. The van der Waals surface area contributed by atoms with Crippen LogP contribution >= 0.6 is 20.7 Å². The Morgan fingerprint density at radius 1 is 1.07 bits per heavy atom. The van der Waals surface area contributed by atoms with Gasteiger partial charge in [0.15, 0.2) is 0 Å². The first-order valence-electron chi connectivity index (χ1n) is 4.84. The minimum absolute atomic E-state index is 0.132. The van der Waals surface area contributed by atoms with Gasteiger partial charge in [-0.2, -0.15) is 0 Å². The number of aromatic amines is 1. The molecular weight excluding hydrogens is 297 g/mol. The molecular formula is C13H10IN. The van der Waals surface area contributed by atoms with Crippen molar-refractivity contribution in [2.24, 2.45) is 0 Å². The number of hydrogen-bond acceptors (Lipinski definition) is 0. The summed E-state index contributed by atoms with van der Waals surface area (Å²) in [5.41, 5.74) is 2.59. The number of aromatic nitrogens is 1. The molecule has 2 aromatic rings. The Morgan fingerprint density at radius 3 is 2.80 bits per heavy atom. The summed E-state index contributed by atoms with van der Waals surface area (Å²) in [6.45, 7) is 0. The molecule has 1 nitrogen and oxygen atoms in total. The van der Waals surface area contributed by atoms with Crippen molar-refractivity contribution in [2.75, 3.05) is 0 Å². The lowest BCUT2D eigenvalue weighted by Gasteiger charge is -1.96. The second-order valence-electron chi connectivity index (χ2n) is 3.42. The molecule has 15 heavy (non-hydrogen) atoms. The molecule has 0 bridgehead atoms. The van der Waals surface area contributed by atoms with E-state index in [0.29, 0.717) is 0 Å². The van der Waals surface area contributed by atoms with Crippen molar-refractivity contribution in [3.05, 3.63) is 47.1 Å². The molecule has 0 saturated carbocycles. The van der Waals surface area contributed by atoms with E-state index in [1.807, 2.05) is 0 Å². The first kappa shape index (κ1) is 9.09. The third-order valence-corrected chi connectivity index (χ3v) is 4.27. The van der Waals surface area contributed by atoms with Crippen molar-refractivity contribution < 1.29 is 0 Å². The van der Waals surface area contributed by atoms with Crippen LogP contribution in [-0.2, 0) is 0 Å². The Morgan fingerprint density at radius 2 is 1.93 bits per heavy atom. The molecule has 1 aromatic carbocycles. The zero-order valence-corrected chi connectivity index (χ0v) is 10.2. The van der Waals surface area contributed by atoms with E-state index in [1.54, 1.807) is 0 Å². The number of rotatable bonds is 1. The second-order valence-corrected chi connectivity index (χ2v) is 5.48.